The minimum Gasteiger partial charge on any atom is -0.497 e. The van der Waals surface area contributed by atoms with Crippen molar-refractivity contribution in [2.75, 3.05) is 12.0 Å². The Bertz CT molecular complexity index is 708. The quantitative estimate of drug-likeness (QED) is 0.790. The van der Waals surface area contributed by atoms with Crippen LogP contribution in [0.5, 0.6) is 5.75 Å². The summed E-state index contributed by atoms with van der Waals surface area (Å²) in [6, 6.07) is 14.9. The van der Waals surface area contributed by atoms with Crippen molar-refractivity contribution in [3.8, 4) is 5.75 Å². The third-order valence-electron chi connectivity index (χ3n) is 5.01. The molecule has 3 nitrogen and oxygen atoms in total. The van der Waals surface area contributed by atoms with Gasteiger partial charge >= 0.3 is 0 Å². The molecule has 3 heteroatoms. The molecule has 2 aromatic carbocycles. The molecule has 1 fully saturated rings. The van der Waals surface area contributed by atoms with Crippen molar-refractivity contribution in [2.24, 2.45) is 0 Å². The first-order valence-corrected chi connectivity index (χ1v) is 7.84. The van der Waals surface area contributed by atoms with Crippen molar-refractivity contribution in [1.82, 2.24) is 0 Å². The van der Waals surface area contributed by atoms with Crippen LogP contribution in [0.4, 0.5) is 11.4 Å². The van der Waals surface area contributed by atoms with Crippen LogP contribution < -0.4 is 9.64 Å². The standard InChI is InChI=1S/C19H19NO2/c1-22-15-8-6-14(7-9-15)20-18-4-2-3-16(18)17-11-13(12-21)5-10-19(17)20/h5-12,16,18H,2-4H2,1H3. The van der Waals surface area contributed by atoms with Crippen molar-refractivity contribution in [1.29, 1.82) is 0 Å². The highest BCUT2D eigenvalue weighted by Crippen LogP contribution is 2.52. The van der Waals surface area contributed by atoms with Crippen molar-refractivity contribution in [3.63, 3.8) is 0 Å². The number of hydrogen-bond acceptors (Lipinski definition) is 3. The van der Waals surface area contributed by atoms with Crippen molar-refractivity contribution < 1.29 is 9.53 Å². The lowest BCUT2D eigenvalue weighted by Crippen LogP contribution is -2.26. The number of fused-ring (bicyclic) bond motifs is 3. The fourth-order valence-electron chi connectivity index (χ4n) is 4.03. The number of nitrogens with zero attached hydrogens (tertiary/aromatic N) is 1. The Morgan fingerprint density at radius 1 is 1.14 bits per heavy atom. The van der Waals surface area contributed by atoms with Gasteiger partial charge in [-0.1, -0.05) is 6.42 Å². The van der Waals surface area contributed by atoms with E-state index in [0.717, 1.165) is 17.6 Å². The van der Waals surface area contributed by atoms with E-state index in [4.69, 9.17) is 4.74 Å². The summed E-state index contributed by atoms with van der Waals surface area (Å²) < 4.78 is 5.26. The van der Waals surface area contributed by atoms with Gasteiger partial charge in [0.05, 0.1) is 7.11 Å². The predicted molar refractivity (Wildman–Crippen MR) is 87.3 cm³/mol. The molecule has 4 rings (SSSR count). The Kier molecular flexibility index (Phi) is 3.14. The number of methoxy groups -OCH3 is 1. The summed E-state index contributed by atoms with van der Waals surface area (Å²) in [5.74, 6) is 1.43. The minimum absolute atomic E-state index is 0.519. The van der Waals surface area contributed by atoms with Gasteiger partial charge in [-0.25, -0.2) is 0 Å². The number of aldehydes is 1. The molecule has 0 bridgehead atoms. The number of rotatable bonds is 3. The first-order chi connectivity index (χ1) is 10.8. The lowest BCUT2D eigenvalue weighted by Gasteiger charge is -2.27. The molecule has 2 aromatic rings. The normalized spacial score (nSPS) is 22.3. The summed E-state index contributed by atoms with van der Waals surface area (Å²) in [4.78, 5) is 13.5. The molecule has 1 aliphatic carbocycles. The maximum Gasteiger partial charge on any atom is 0.150 e. The Balaban J connectivity index is 1.80. The van der Waals surface area contributed by atoms with Gasteiger partial charge in [-0.15, -0.1) is 0 Å². The highest BCUT2D eigenvalue weighted by molar-refractivity contribution is 5.81. The number of carbonyl (C=O) groups is 1. The Labute approximate surface area is 130 Å². The van der Waals surface area contributed by atoms with Crippen molar-refractivity contribution in [2.45, 2.75) is 31.2 Å². The van der Waals surface area contributed by atoms with E-state index in [1.807, 2.05) is 18.2 Å². The van der Waals surface area contributed by atoms with Gasteiger partial charge in [-0.2, -0.15) is 0 Å². The second kappa shape index (κ2) is 5.16. The molecule has 112 valence electrons. The monoisotopic (exact) mass is 293 g/mol. The zero-order valence-corrected chi connectivity index (χ0v) is 12.7. The molecule has 1 heterocycles. The van der Waals surface area contributed by atoms with Gasteiger partial charge in [0.25, 0.3) is 0 Å². The van der Waals surface area contributed by atoms with Crippen LogP contribution in [0.1, 0.15) is 41.1 Å². The van der Waals surface area contributed by atoms with Crippen LogP contribution in [-0.2, 0) is 0 Å². The van der Waals surface area contributed by atoms with Crippen LogP contribution in [0.25, 0.3) is 0 Å². The second-order valence-electron chi connectivity index (χ2n) is 6.11. The highest BCUT2D eigenvalue weighted by Gasteiger charge is 2.42. The summed E-state index contributed by atoms with van der Waals surface area (Å²) in [7, 11) is 1.69. The molecule has 0 saturated heterocycles. The molecule has 1 aliphatic heterocycles. The van der Waals surface area contributed by atoms with Gasteiger partial charge in [0, 0.05) is 28.9 Å². The number of benzene rings is 2. The maximum absolute atomic E-state index is 11.1. The molecule has 2 atom stereocenters. The molecule has 2 unspecified atom stereocenters. The average molecular weight is 293 g/mol. The van der Waals surface area contributed by atoms with E-state index in [2.05, 4.69) is 29.2 Å². The largest absolute Gasteiger partial charge is 0.497 e. The lowest BCUT2D eigenvalue weighted by molar-refractivity contribution is 0.112. The zero-order valence-electron chi connectivity index (χ0n) is 12.7. The van der Waals surface area contributed by atoms with Crippen LogP contribution in [0, 0.1) is 0 Å². The number of ether oxygens (including phenoxy) is 1. The van der Waals surface area contributed by atoms with Crippen LogP contribution >= 0.6 is 0 Å². The van der Waals surface area contributed by atoms with E-state index in [-0.39, 0.29) is 0 Å². The van der Waals surface area contributed by atoms with Crippen LogP contribution in [-0.4, -0.2) is 19.4 Å². The van der Waals surface area contributed by atoms with Gasteiger partial charge in [-0.05, 0) is 60.9 Å². The molecule has 1 saturated carbocycles. The molecule has 2 aliphatic rings. The predicted octanol–water partition coefficient (Wildman–Crippen LogP) is 4.30. The molecule has 0 aromatic heterocycles. The van der Waals surface area contributed by atoms with Gasteiger partial charge in [0.1, 0.15) is 12.0 Å². The first kappa shape index (κ1) is 13.4. The molecular formula is C19H19NO2. The Hall–Kier alpha value is -2.29. The summed E-state index contributed by atoms with van der Waals surface area (Å²) in [6.45, 7) is 0. The van der Waals surface area contributed by atoms with Gasteiger partial charge in [0.15, 0.2) is 0 Å². The van der Waals surface area contributed by atoms with Crippen molar-refractivity contribution >= 4 is 17.7 Å². The number of carbonyl (C=O) groups excluding carboxylic acids is 1. The summed E-state index contributed by atoms with van der Waals surface area (Å²) in [5, 5.41) is 0. The molecule has 0 amide bonds. The Morgan fingerprint density at radius 3 is 2.68 bits per heavy atom. The lowest BCUT2D eigenvalue weighted by atomic mass is 9.96. The SMILES string of the molecule is COc1ccc(N2c3ccc(C=O)cc3C3CCCC32)cc1. The first-order valence-electron chi connectivity index (χ1n) is 7.84. The fraction of sp³-hybridized carbons (Fsp3) is 0.316. The average Bonchev–Trinajstić information content (AvgIpc) is 3.15. The summed E-state index contributed by atoms with van der Waals surface area (Å²) in [6.07, 6.45) is 4.63. The summed E-state index contributed by atoms with van der Waals surface area (Å²) in [5.41, 5.74) is 4.57. The smallest absolute Gasteiger partial charge is 0.150 e. The zero-order chi connectivity index (χ0) is 15.1. The second-order valence-corrected chi connectivity index (χ2v) is 6.11. The highest BCUT2D eigenvalue weighted by atomic mass is 16.5. The molecule has 0 N–H and O–H groups in total. The van der Waals surface area contributed by atoms with Gasteiger partial charge in [0.2, 0.25) is 0 Å². The molecular weight excluding hydrogens is 274 g/mol. The van der Waals surface area contributed by atoms with E-state index in [1.54, 1.807) is 7.11 Å². The third-order valence-corrected chi connectivity index (χ3v) is 5.01. The number of hydrogen-bond donors (Lipinski definition) is 0. The van der Waals surface area contributed by atoms with Gasteiger partial charge < -0.3 is 9.64 Å². The maximum atomic E-state index is 11.1. The van der Waals surface area contributed by atoms with Crippen LogP contribution in [0.3, 0.4) is 0 Å². The van der Waals surface area contributed by atoms with Crippen molar-refractivity contribution in [3.05, 3.63) is 53.6 Å². The third kappa shape index (κ3) is 1.92. The minimum atomic E-state index is 0.519. The van der Waals surface area contributed by atoms with E-state index in [9.17, 15) is 4.79 Å². The van der Waals surface area contributed by atoms with Gasteiger partial charge in [-0.3, -0.25) is 4.79 Å². The molecule has 0 spiro atoms. The molecule has 0 radical (unpaired) electrons. The summed E-state index contributed by atoms with van der Waals surface area (Å²) >= 11 is 0. The van der Waals surface area contributed by atoms with E-state index < -0.39 is 0 Å². The number of anilines is 2. The van der Waals surface area contributed by atoms with E-state index in [1.165, 1.54) is 36.2 Å². The molecule has 22 heavy (non-hydrogen) atoms. The Morgan fingerprint density at radius 2 is 1.95 bits per heavy atom. The van der Waals surface area contributed by atoms with Crippen LogP contribution in [0.2, 0.25) is 0 Å². The van der Waals surface area contributed by atoms with E-state index >= 15 is 0 Å². The topological polar surface area (TPSA) is 29.5 Å². The van der Waals surface area contributed by atoms with Crippen LogP contribution in [0.15, 0.2) is 42.5 Å². The van der Waals surface area contributed by atoms with E-state index in [0.29, 0.717) is 12.0 Å². The fourth-order valence-corrected chi connectivity index (χ4v) is 4.03.